The summed E-state index contributed by atoms with van der Waals surface area (Å²) in [5, 5.41) is 8.35. The molecule has 7 nitrogen and oxygen atoms in total. The Hall–Kier alpha value is -1.19. The molecule has 0 fully saturated rings. The third-order valence-electron chi connectivity index (χ3n) is 3.13. The summed E-state index contributed by atoms with van der Waals surface area (Å²) in [5.74, 6) is 0. The van der Waals surface area contributed by atoms with Crippen LogP contribution in [0.4, 0.5) is 0 Å². The van der Waals surface area contributed by atoms with E-state index in [9.17, 15) is 8.42 Å². The highest BCUT2D eigenvalue weighted by Crippen LogP contribution is 2.20. The van der Waals surface area contributed by atoms with Gasteiger partial charge in [0.2, 0.25) is 10.0 Å². The largest absolute Gasteiger partial charge is 0.272 e. The number of rotatable bonds is 6. The van der Waals surface area contributed by atoms with Gasteiger partial charge >= 0.3 is 0 Å². The average Bonchev–Trinajstić information content (AvgIpc) is 3.06. The molecule has 0 aliphatic carbocycles. The van der Waals surface area contributed by atoms with E-state index in [4.69, 9.17) is 0 Å². The van der Waals surface area contributed by atoms with Gasteiger partial charge < -0.3 is 0 Å². The molecule has 0 aliphatic rings. The van der Waals surface area contributed by atoms with Crippen LogP contribution in [0.5, 0.6) is 0 Å². The quantitative estimate of drug-likeness (QED) is 0.769. The van der Waals surface area contributed by atoms with Gasteiger partial charge in [0.1, 0.15) is 4.90 Å². The molecule has 0 amide bonds. The minimum absolute atomic E-state index is 0.192. The molecule has 21 heavy (non-hydrogen) atoms. The van der Waals surface area contributed by atoms with E-state index in [1.54, 1.807) is 9.36 Å². The number of sulfonamides is 1. The zero-order chi connectivity index (χ0) is 15.6. The van der Waals surface area contributed by atoms with Crippen LogP contribution in [0, 0.1) is 0 Å². The van der Waals surface area contributed by atoms with Crippen molar-refractivity contribution in [3.8, 4) is 0 Å². The molecule has 0 spiro atoms. The first kappa shape index (κ1) is 16.2. The van der Waals surface area contributed by atoms with Crippen LogP contribution in [0.3, 0.4) is 0 Å². The van der Waals surface area contributed by atoms with E-state index in [0.29, 0.717) is 12.2 Å². The molecule has 2 rings (SSSR count). The normalized spacial score (nSPS) is 12.2. The molecule has 0 unspecified atom stereocenters. The van der Waals surface area contributed by atoms with Gasteiger partial charge in [0.25, 0.3) is 0 Å². The average molecular weight is 376 g/mol. The Morgan fingerprint density at radius 3 is 2.43 bits per heavy atom. The summed E-state index contributed by atoms with van der Waals surface area (Å²) in [6.45, 7) is 5.45. The highest BCUT2D eigenvalue weighted by atomic mass is 79.9. The fourth-order valence-electron chi connectivity index (χ4n) is 1.83. The topological polar surface area (TPSA) is 73.0 Å². The van der Waals surface area contributed by atoms with Crippen molar-refractivity contribution in [3.63, 3.8) is 0 Å². The van der Waals surface area contributed by atoms with Crippen LogP contribution in [-0.2, 0) is 29.7 Å². The summed E-state index contributed by atoms with van der Waals surface area (Å²) in [6, 6.07) is 0. The Morgan fingerprint density at radius 1 is 1.24 bits per heavy atom. The third kappa shape index (κ3) is 3.35. The SMILES string of the molecule is CCn1cc(S(=O)(=O)N(C)Cc2nn(CC)cc2Br)cn1. The number of halogens is 1. The first-order valence-corrected chi connectivity index (χ1v) is 8.82. The Kier molecular flexibility index (Phi) is 4.84. The molecule has 0 bridgehead atoms. The highest BCUT2D eigenvalue weighted by molar-refractivity contribution is 9.10. The molecular formula is C12H18BrN5O2S. The van der Waals surface area contributed by atoms with Gasteiger partial charge in [-0.1, -0.05) is 0 Å². The van der Waals surface area contributed by atoms with Gasteiger partial charge in [0.05, 0.1) is 22.9 Å². The molecule has 0 aliphatic heterocycles. The number of hydrogen-bond donors (Lipinski definition) is 0. The maximum absolute atomic E-state index is 12.5. The van der Waals surface area contributed by atoms with E-state index >= 15 is 0 Å². The van der Waals surface area contributed by atoms with Gasteiger partial charge in [-0.2, -0.15) is 14.5 Å². The molecule has 0 saturated carbocycles. The van der Waals surface area contributed by atoms with Crippen LogP contribution < -0.4 is 0 Å². The van der Waals surface area contributed by atoms with E-state index < -0.39 is 10.0 Å². The van der Waals surface area contributed by atoms with Gasteiger partial charge in [0.15, 0.2) is 0 Å². The molecule has 0 saturated heterocycles. The first-order chi connectivity index (χ1) is 9.88. The lowest BCUT2D eigenvalue weighted by molar-refractivity contribution is 0.458. The van der Waals surface area contributed by atoms with E-state index in [0.717, 1.165) is 11.0 Å². The molecule has 0 N–H and O–H groups in total. The van der Waals surface area contributed by atoms with Crippen LogP contribution in [0.2, 0.25) is 0 Å². The summed E-state index contributed by atoms with van der Waals surface area (Å²) in [6.07, 6.45) is 4.74. The van der Waals surface area contributed by atoms with Crippen molar-refractivity contribution < 1.29 is 8.42 Å². The van der Waals surface area contributed by atoms with Crippen molar-refractivity contribution in [2.24, 2.45) is 0 Å². The van der Waals surface area contributed by atoms with Crippen LogP contribution in [-0.4, -0.2) is 39.3 Å². The molecular weight excluding hydrogens is 358 g/mol. The highest BCUT2D eigenvalue weighted by Gasteiger charge is 2.24. The molecule has 0 aromatic carbocycles. The van der Waals surface area contributed by atoms with Crippen molar-refractivity contribution in [1.82, 2.24) is 23.9 Å². The molecule has 0 atom stereocenters. The lowest BCUT2D eigenvalue weighted by atomic mass is 10.4. The lowest BCUT2D eigenvalue weighted by Gasteiger charge is -2.14. The molecule has 2 heterocycles. The van der Waals surface area contributed by atoms with Crippen molar-refractivity contribution in [2.45, 2.75) is 38.4 Å². The molecule has 2 aromatic rings. The summed E-state index contributed by atoms with van der Waals surface area (Å²) in [4.78, 5) is 0.192. The van der Waals surface area contributed by atoms with Crippen LogP contribution in [0.1, 0.15) is 19.5 Å². The van der Waals surface area contributed by atoms with Crippen molar-refractivity contribution in [2.75, 3.05) is 7.05 Å². The van der Waals surface area contributed by atoms with Gasteiger partial charge in [-0.05, 0) is 29.8 Å². The Balaban J connectivity index is 2.21. The molecule has 0 radical (unpaired) electrons. The zero-order valence-corrected chi connectivity index (χ0v) is 14.6. The maximum Gasteiger partial charge on any atom is 0.246 e. The summed E-state index contributed by atoms with van der Waals surface area (Å²) in [5.41, 5.74) is 0.686. The molecule has 9 heteroatoms. The predicted octanol–water partition coefficient (Wildman–Crippen LogP) is 1.70. The van der Waals surface area contributed by atoms with Gasteiger partial charge in [0, 0.05) is 32.5 Å². The second-order valence-electron chi connectivity index (χ2n) is 4.57. The van der Waals surface area contributed by atoms with E-state index in [2.05, 4.69) is 26.1 Å². The Bertz CT molecular complexity index is 722. The van der Waals surface area contributed by atoms with Crippen LogP contribution in [0.25, 0.3) is 0 Å². The number of aryl methyl sites for hydroxylation is 2. The second-order valence-corrected chi connectivity index (χ2v) is 7.47. The second kappa shape index (κ2) is 6.29. The van der Waals surface area contributed by atoms with Crippen molar-refractivity contribution in [3.05, 3.63) is 28.8 Å². The minimum Gasteiger partial charge on any atom is -0.272 e. The predicted molar refractivity (Wildman–Crippen MR) is 82.2 cm³/mol. The van der Waals surface area contributed by atoms with Gasteiger partial charge in [-0.15, -0.1) is 0 Å². The number of hydrogen-bond acceptors (Lipinski definition) is 4. The van der Waals surface area contributed by atoms with Crippen molar-refractivity contribution in [1.29, 1.82) is 0 Å². The summed E-state index contributed by atoms with van der Waals surface area (Å²) >= 11 is 3.40. The van der Waals surface area contributed by atoms with E-state index in [1.165, 1.54) is 23.7 Å². The summed E-state index contributed by atoms with van der Waals surface area (Å²) in [7, 11) is -2.02. The number of nitrogens with zero attached hydrogens (tertiary/aromatic N) is 5. The molecule has 2 aromatic heterocycles. The fraction of sp³-hybridized carbons (Fsp3) is 0.500. The third-order valence-corrected chi connectivity index (χ3v) is 5.54. The van der Waals surface area contributed by atoms with E-state index in [-0.39, 0.29) is 11.4 Å². The Morgan fingerprint density at radius 2 is 1.90 bits per heavy atom. The molecule has 116 valence electrons. The van der Waals surface area contributed by atoms with Crippen LogP contribution in [0.15, 0.2) is 28.0 Å². The zero-order valence-electron chi connectivity index (χ0n) is 12.2. The van der Waals surface area contributed by atoms with Gasteiger partial charge in [-0.25, -0.2) is 8.42 Å². The maximum atomic E-state index is 12.5. The lowest BCUT2D eigenvalue weighted by Crippen LogP contribution is -2.26. The standard InChI is InChI=1S/C12H18BrN5O2S/c1-4-17-7-10(6-14-17)21(19,20)16(3)9-12-11(13)8-18(5-2)15-12/h6-8H,4-5,9H2,1-3H3. The fourth-order valence-corrected chi connectivity index (χ4v) is 3.36. The van der Waals surface area contributed by atoms with E-state index in [1.807, 2.05) is 20.0 Å². The van der Waals surface area contributed by atoms with Crippen LogP contribution >= 0.6 is 15.9 Å². The minimum atomic E-state index is -3.56. The number of aromatic nitrogens is 4. The smallest absolute Gasteiger partial charge is 0.246 e. The van der Waals surface area contributed by atoms with Gasteiger partial charge in [-0.3, -0.25) is 9.36 Å². The summed E-state index contributed by atoms with van der Waals surface area (Å²) < 4.78 is 30.4. The first-order valence-electron chi connectivity index (χ1n) is 6.59. The van der Waals surface area contributed by atoms with Crippen molar-refractivity contribution >= 4 is 26.0 Å². The Labute approximate surface area is 132 Å². The monoisotopic (exact) mass is 375 g/mol.